The Hall–Kier alpha value is -2.31. The number of nitrogens with one attached hydrogen (secondary N) is 1. The predicted molar refractivity (Wildman–Crippen MR) is 119 cm³/mol. The predicted octanol–water partition coefficient (Wildman–Crippen LogP) is 3.02. The summed E-state index contributed by atoms with van der Waals surface area (Å²) < 4.78 is 0. The molecule has 0 saturated carbocycles. The highest BCUT2D eigenvalue weighted by Crippen LogP contribution is 2.18. The Labute approximate surface area is 172 Å². The molecule has 2 aliphatic heterocycles. The van der Waals surface area contributed by atoms with E-state index in [1.54, 1.807) is 0 Å². The van der Waals surface area contributed by atoms with E-state index >= 15 is 0 Å². The monoisotopic (exact) mass is 395 g/mol. The molecule has 4 rings (SSSR count). The largest absolute Gasteiger partial charge is 0.364 e. The van der Waals surface area contributed by atoms with Gasteiger partial charge in [0.2, 0.25) is 0 Å². The van der Waals surface area contributed by atoms with Crippen LogP contribution in [0, 0.1) is 0 Å². The molecule has 0 radical (unpaired) electrons. The first-order valence-electron chi connectivity index (χ1n) is 10.0. The standard InChI is InChI=1S/C22H29N5S/c1-23-22(27-14-12-25(13-15-27)18-21-5-4-16-28-21)24-17-19-6-8-20(9-7-19)26-10-2-3-11-26/h2-9,16H,10-15,17-18H2,1H3,(H,23,24). The molecule has 3 heterocycles. The Morgan fingerprint density at radius 1 is 1.04 bits per heavy atom. The molecule has 1 N–H and O–H groups in total. The van der Waals surface area contributed by atoms with Crippen LogP contribution in [0.4, 0.5) is 5.69 Å². The lowest BCUT2D eigenvalue weighted by atomic mass is 10.2. The quantitative estimate of drug-likeness (QED) is 0.479. The second-order valence-corrected chi connectivity index (χ2v) is 8.32. The summed E-state index contributed by atoms with van der Waals surface area (Å²) in [4.78, 5) is 13.2. The summed E-state index contributed by atoms with van der Waals surface area (Å²) in [6.07, 6.45) is 4.44. The summed E-state index contributed by atoms with van der Waals surface area (Å²) in [6.45, 7) is 8.11. The van der Waals surface area contributed by atoms with Gasteiger partial charge in [-0.05, 0) is 29.1 Å². The summed E-state index contributed by atoms with van der Waals surface area (Å²) >= 11 is 1.84. The van der Waals surface area contributed by atoms with Gasteiger partial charge in [-0.1, -0.05) is 30.4 Å². The molecule has 1 aromatic carbocycles. The van der Waals surface area contributed by atoms with E-state index in [9.17, 15) is 0 Å². The third-order valence-corrected chi connectivity index (χ3v) is 6.27. The maximum Gasteiger partial charge on any atom is 0.194 e. The van der Waals surface area contributed by atoms with Gasteiger partial charge < -0.3 is 15.1 Å². The topological polar surface area (TPSA) is 34.1 Å². The van der Waals surface area contributed by atoms with Crippen LogP contribution in [-0.4, -0.2) is 62.1 Å². The highest BCUT2D eigenvalue weighted by atomic mass is 32.1. The van der Waals surface area contributed by atoms with Crippen LogP contribution in [0.25, 0.3) is 0 Å². The van der Waals surface area contributed by atoms with Crippen LogP contribution in [0.2, 0.25) is 0 Å². The van der Waals surface area contributed by atoms with Gasteiger partial charge in [0.1, 0.15) is 0 Å². The number of hydrogen-bond donors (Lipinski definition) is 1. The third kappa shape index (κ3) is 4.75. The molecular formula is C22H29N5S. The van der Waals surface area contributed by atoms with Crippen LogP contribution >= 0.6 is 11.3 Å². The van der Waals surface area contributed by atoms with Gasteiger partial charge in [-0.25, -0.2) is 0 Å². The van der Waals surface area contributed by atoms with Crippen molar-refractivity contribution in [2.75, 3.05) is 51.2 Å². The fourth-order valence-corrected chi connectivity index (χ4v) is 4.51. The summed E-state index contributed by atoms with van der Waals surface area (Å²) in [5.74, 6) is 1.00. The van der Waals surface area contributed by atoms with Gasteiger partial charge in [0, 0.05) is 70.0 Å². The number of aliphatic imine (C=N–C) groups is 1. The number of anilines is 1. The zero-order valence-electron chi connectivity index (χ0n) is 16.6. The van der Waals surface area contributed by atoms with Gasteiger partial charge in [-0.3, -0.25) is 9.89 Å². The van der Waals surface area contributed by atoms with Crippen molar-refractivity contribution >= 4 is 23.0 Å². The van der Waals surface area contributed by atoms with Gasteiger partial charge in [-0.2, -0.15) is 0 Å². The van der Waals surface area contributed by atoms with E-state index in [1.807, 2.05) is 18.4 Å². The maximum absolute atomic E-state index is 4.51. The molecule has 0 atom stereocenters. The van der Waals surface area contributed by atoms with Crippen LogP contribution < -0.4 is 10.2 Å². The molecule has 5 nitrogen and oxygen atoms in total. The van der Waals surface area contributed by atoms with Crippen molar-refractivity contribution in [2.24, 2.45) is 4.99 Å². The molecule has 0 spiro atoms. The lowest BCUT2D eigenvalue weighted by molar-refractivity contribution is 0.173. The maximum atomic E-state index is 4.51. The smallest absolute Gasteiger partial charge is 0.194 e. The first-order valence-corrected chi connectivity index (χ1v) is 10.9. The number of rotatable bonds is 5. The molecular weight excluding hydrogens is 366 g/mol. The Balaban J connectivity index is 1.24. The van der Waals surface area contributed by atoms with E-state index in [0.717, 1.165) is 58.3 Å². The van der Waals surface area contributed by atoms with Gasteiger partial charge in [0.15, 0.2) is 5.96 Å². The lowest BCUT2D eigenvalue weighted by Crippen LogP contribution is -2.51. The summed E-state index contributed by atoms with van der Waals surface area (Å²) in [7, 11) is 1.88. The fraction of sp³-hybridized carbons (Fsp3) is 0.409. The van der Waals surface area contributed by atoms with E-state index in [0.29, 0.717) is 0 Å². The first kappa shape index (κ1) is 19.0. The average molecular weight is 396 g/mol. The highest BCUT2D eigenvalue weighted by Gasteiger charge is 2.19. The van der Waals surface area contributed by atoms with Crippen LogP contribution in [0.5, 0.6) is 0 Å². The Morgan fingerprint density at radius 3 is 2.43 bits per heavy atom. The minimum absolute atomic E-state index is 0.806. The van der Waals surface area contributed by atoms with E-state index < -0.39 is 0 Å². The molecule has 1 fully saturated rings. The molecule has 1 saturated heterocycles. The minimum Gasteiger partial charge on any atom is -0.364 e. The van der Waals surface area contributed by atoms with Crippen molar-refractivity contribution in [3.63, 3.8) is 0 Å². The third-order valence-electron chi connectivity index (χ3n) is 5.41. The molecule has 0 aliphatic carbocycles. The van der Waals surface area contributed by atoms with Gasteiger partial charge in [0.25, 0.3) is 0 Å². The van der Waals surface area contributed by atoms with E-state index in [-0.39, 0.29) is 0 Å². The van der Waals surface area contributed by atoms with E-state index in [4.69, 9.17) is 0 Å². The number of piperazine rings is 1. The number of nitrogens with zero attached hydrogens (tertiary/aromatic N) is 4. The molecule has 148 valence electrons. The van der Waals surface area contributed by atoms with Crippen LogP contribution in [0.15, 0.2) is 58.9 Å². The fourth-order valence-electron chi connectivity index (χ4n) is 3.77. The summed E-state index contributed by atoms with van der Waals surface area (Å²) in [5.41, 5.74) is 2.58. The SMILES string of the molecule is CN=C(NCc1ccc(N2CC=CC2)cc1)N1CCN(Cc2cccs2)CC1. The van der Waals surface area contributed by atoms with Crippen molar-refractivity contribution in [3.8, 4) is 0 Å². The molecule has 28 heavy (non-hydrogen) atoms. The zero-order valence-corrected chi connectivity index (χ0v) is 17.4. The Bertz CT molecular complexity index is 781. The Kier molecular flexibility index (Phi) is 6.29. The Morgan fingerprint density at radius 2 is 1.79 bits per heavy atom. The van der Waals surface area contributed by atoms with Gasteiger partial charge >= 0.3 is 0 Å². The van der Waals surface area contributed by atoms with Crippen LogP contribution in [-0.2, 0) is 13.1 Å². The molecule has 2 aliphatic rings. The van der Waals surface area contributed by atoms with Crippen molar-refractivity contribution in [2.45, 2.75) is 13.1 Å². The summed E-state index contributed by atoms with van der Waals surface area (Å²) in [5, 5.41) is 5.70. The normalized spacial score (nSPS) is 18.1. The summed E-state index contributed by atoms with van der Waals surface area (Å²) in [6, 6.07) is 13.2. The second-order valence-electron chi connectivity index (χ2n) is 7.29. The molecule has 0 bridgehead atoms. The number of hydrogen-bond acceptors (Lipinski definition) is 4. The van der Waals surface area contributed by atoms with E-state index in [2.05, 4.69) is 78.9 Å². The minimum atomic E-state index is 0.806. The van der Waals surface area contributed by atoms with Crippen LogP contribution in [0.3, 0.4) is 0 Å². The van der Waals surface area contributed by atoms with Crippen molar-refractivity contribution in [1.82, 2.24) is 15.1 Å². The number of guanidine groups is 1. The zero-order chi connectivity index (χ0) is 19.2. The van der Waals surface area contributed by atoms with Crippen LogP contribution in [0.1, 0.15) is 10.4 Å². The molecule has 2 aromatic rings. The van der Waals surface area contributed by atoms with Crippen molar-refractivity contribution in [3.05, 3.63) is 64.4 Å². The van der Waals surface area contributed by atoms with Crippen molar-refractivity contribution < 1.29 is 0 Å². The van der Waals surface area contributed by atoms with Gasteiger partial charge in [-0.15, -0.1) is 11.3 Å². The first-order chi connectivity index (χ1) is 13.8. The number of benzene rings is 1. The number of thiophene rings is 1. The lowest BCUT2D eigenvalue weighted by Gasteiger charge is -2.36. The average Bonchev–Trinajstić information content (AvgIpc) is 3.44. The van der Waals surface area contributed by atoms with E-state index in [1.165, 1.54) is 16.1 Å². The molecule has 0 unspecified atom stereocenters. The molecule has 1 aromatic heterocycles. The highest BCUT2D eigenvalue weighted by molar-refractivity contribution is 7.09. The van der Waals surface area contributed by atoms with Crippen molar-refractivity contribution in [1.29, 1.82) is 0 Å². The second kappa shape index (κ2) is 9.26. The molecule has 0 amide bonds. The van der Waals surface area contributed by atoms with Gasteiger partial charge in [0.05, 0.1) is 0 Å². The molecule has 6 heteroatoms.